The number of rotatable bonds is 4. The Balaban J connectivity index is 3.54. The third-order valence-electron chi connectivity index (χ3n) is 2.82. The summed E-state index contributed by atoms with van der Waals surface area (Å²) in [7, 11) is 0. The fourth-order valence-electron chi connectivity index (χ4n) is 1.59. The molecule has 0 fully saturated rings. The van der Waals surface area contributed by atoms with E-state index in [0.29, 0.717) is 11.1 Å². The fraction of sp³-hybridized carbons (Fsp3) is 0.500. The van der Waals surface area contributed by atoms with Crippen LogP contribution in [0.3, 0.4) is 0 Å². The first-order chi connectivity index (χ1) is 8.15. The summed E-state index contributed by atoms with van der Waals surface area (Å²) in [6, 6.07) is 1.84. The van der Waals surface area contributed by atoms with Crippen molar-refractivity contribution in [2.45, 2.75) is 25.7 Å². The van der Waals surface area contributed by atoms with Gasteiger partial charge >= 0.3 is 0 Å². The first-order valence-electron chi connectivity index (χ1n) is 5.25. The summed E-state index contributed by atoms with van der Waals surface area (Å²) >= 11 is 0. The van der Waals surface area contributed by atoms with Crippen LogP contribution in [-0.4, -0.2) is 23.4 Å². The van der Waals surface area contributed by atoms with Crippen molar-refractivity contribution in [2.75, 3.05) is 13.2 Å². The third kappa shape index (κ3) is 2.64. The molecule has 2 N–H and O–H groups in total. The summed E-state index contributed by atoms with van der Waals surface area (Å²) in [5.41, 5.74) is -1.08. The smallest absolute Gasteiger partial charge is 0.296 e. The van der Waals surface area contributed by atoms with Gasteiger partial charge in [0.2, 0.25) is 0 Å². The van der Waals surface area contributed by atoms with Crippen LogP contribution < -0.4 is 0 Å². The van der Waals surface area contributed by atoms with E-state index >= 15 is 0 Å². The van der Waals surface area contributed by atoms with Gasteiger partial charge in [0.15, 0.2) is 0 Å². The van der Waals surface area contributed by atoms with Crippen LogP contribution in [0, 0.1) is 13.8 Å². The molecule has 0 heterocycles. The lowest BCUT2D eigenvalue weighted by molar-refractivity contribution is -0.0783. The zero-order valence-corrected chi connectivity index (χ0v) is 9.98. The number of hydrogen-bond donors (Lipinski definition) is 2. The van der Waals surface area contributed by atoms with Gasteiger partial charge in [-0.15, -0.1) is 0 Å². The van der Waals surface area contributed by atoms with Crippen molar-refractivity contribution in [2.24, 2.45) is 0 Å². The third-order valence-corrected chi connectivity index (χ3v) is 2.82. The monoisotopic (exact) mass is 266 g/mol. The zero-order chi connectivity index (χ0) is 14.1. The van der Waals surface area contributed by atoms with Crippen LogP contribution in [0.2, 0.25) is 0 Å². The minimum absolute atomic E-state index is 0.413. The molecule has 2 nitrogen and oxygen atoms in total. The number of aryl methyl sites for hydroxylation is 2. The second kappa shape index (κ2) is 4.85. The molecule has 0 bridgehead atoms. The molecule has 6 heteroatoms. The van der Waals surface area contributed by atoms with Crippen molar-refractivity contribution in [3.05, 3.63) is 34.4 Å². The van der Waals surface area contributed by atoms with E-state index in [1.807, 2.05) is 0 Å². The van der Waals surface area contributed by atoms with Crippen LogP contribution in [0.25, 0.3) is 0 Å². The molecule has 0 saturated carbocycles. The van der Waals surface area contributed by atoms with Gasteiger partial charge in [-0.1, -0.05) is 0 Å². The molecule has 1 rings (SSSR count). The Morgan fingerprint density at radius 3 is 1.33 bits per heavy atom. The van der Waals surface area contributed by atoms with Crippen LogP contribution in [0.4, 0.5) is 17.6 Å². The van der Waals surface area contributed by atoms with E-state index in [2.05, 4.69) is 0 Å². The van der Waals surface area contributed by atoms with Crippen molar-refractivity contribution >= 4 is 0 Å². The van der Waals surface area contributed by atoms with E-state index < -0.39 is 36.2 Å². The summed E-state index contributed by atoms with van der Waals surface area (Å²) in [6.45, 7) is -0.117. The van der Waals surface area contributed by atoms with Crippen molar-refractivity contribution in [3.63, 3.8) is 0 Å². The molecule has 0 atom stereocenters. The highest BCUT2D eigenvalue weighted by Crippen LogP contribution is 2.39. The van der Waals surface area contributed by atoms with Gasteiger partial charge in [0, 0.05) is 11.1 Å². The zero-order valence-electron chi connectivity index (χ0n) is 9.98. The van der Waals surface area contributed by atoms with Crippen LogP contribution in [-0.2, 0) is 11.8 Å². The quantitative estimate of drug-likeness (QED) is 0.822. The van der Waals surface area contributed by atoms with E-state index in [4.69, 9.17) is 10.2 Å². The number of hydrogen-bond acceptors (Lipinski definition) is 2. The molecule has 0 aliphatic rings. The lowest BCUT2D eigenvalue weighted by Crippen LogP contribution is -2.28. The predicted molar refractivity (Wildman–Crippen MR) is 57.9 cm³/mol. The number of halogens is 4. The molecule has 18 heavy (non-hydrogen) atoms. The van der Waals surface area contributed by atoms with Crippen molar-refractivity contribution in [1.82, 2.24) is 0 Å². The predicted octanol–water partition coefficient (Wildman–Crippen LogP) is 2.47. The van der Waals surface area contributed by atoms with Crippen molar-refractivity contribution < 1.29 is 27.8 Å². The largest absolute Gasteiger partial charge is 0.390 e. The van der Waals surface area contributed by atoms with E-state index in [1.165, 1.54) is 13.8 Å². The number of alkyl halides is 4. The Morgan fingerprint density at radius 1 is 0.833 bits per heavy atom. The van der Waals surface area contributed by atoms with Gasteiger partial charge in [-0.25, -0.2) is 0 Å². The molecule has 0 spiro atoms. The van der Waals surface area contributed by atoms with Gasteiger partial charge in [0.1, 0.15) is 13.2 Å². The number of aliphatic hydroxyl groups is 2. The molecule has 102 valence electrons. The molecule has 0 amide bonds. The van der Waals surface area contributed by atoms with E-state index in [9.17, 15) is 17.6 Å². The van der Waals surface area contributed by atoms with Gasteiger partial charge in [-0.2, -0.15) is 17.6 Å². The molecular formula is C12H14F4O2. The molecule has 1 aromatic carbocycles. The summed E-state index contributed by atoms with van der Waals surface area (Å²) in [6.07, 6.45) is 0. The summed E-state index contributed by atoms with van der Waals surface area (Å²) in [5, 5.41) is 17.2. The molecule has 0 unspecified atom stereocenters. The minimum atomic E-state index is -3.77. The highest BCUT2D eigenvalue weighted by atomic mass is 19.3. The first-order valence-corrected chi connectivity index (χ1v) is 5.25. The number of aliphatic hydroxyl groups excluding tert-OH is 2. The van der Waals surface area contributed by atoms with Gasteiger partial charge in [0.05, 0.1) is 0 Å². The van der Waals surface area contributed by atoms with Gasteiger partial charge in [-0.05, 0) is 37.1 Å². The molecular weight excluding hydrogens is 252 g/mol. The average molecular weight is 266 g/mol. The van der Waals surface area contributed by atoms with Crippen LogP contribution in [0.5, 0.6) is 0 Å². The molecule has 0 radical (unpaired) electrons. The summed E-state index contributed by atoms with van der Waals surface area (Å²) in [4.78, 5) is 0. The maximum Gasteiger partial charge on any atom is 0.296 e. The van der Waals surface area contributed by atoms with Crippen LogP contribution >= 0.6 is 0 Å². The molecule has 1 aromatic rings. The average Bonchev–Trinajstić information content (AvgIpc) is 2.31. The van der Waals surface area contributed by atoms with Crippen LogP contribution in [0.15, 0.2) is 12.1 Å². The maximum absolute atomic E-state index is 13.5. The summed E-state index contributed by atoms with van der Waals surface area (Å²) < 4.78 is 53.8. The number of benzene rings is 1. The first kappa shape index (κ1) is 14.9. The SMILES string of the molecule is Cc1cc(C(F)(F)CO)c(C(F)(F)CO)cc1C. The molecule has 0 aliphatic heterocycles. The van der Waals surface area contributed by atoms with E-state index in [-0.39, 0.29) is 0 Å². The second-order valence-electron chi connectivity index (χ2n) is 4.21. The molecule has 0 aromatic heterocycles. The lowest BCUT2D eigenvalue weighted by atomic mass is 9.92. The van der Waals surface area contributed by atoms with E-state index in [1.54, 1.807) is 0 Å². The van der Waals surface area contributed by atoms with Crippen molar-refractivity contribution in [3.8, 4) is 0 Å². The van der Waals surface area contributed by atoms with Gasteiger partial charge < -0.3 is 10.2 Å². The highest BCUT2D eigenvalue weighted by molar-refractivity contribution is 5.42. The van der Waals surface area contributed by atoms with Gasteiger partial charge in [-0.3, -0.25) is 0 Å². The topological polar surface area (TPSA) is 40.5 Å². The Kier molecular flexibility index (Phi) is 4.02. The Morgan fingerprint density at radius 2 is 1.11 bits per heavy atom. The Labute approximate surface area is 102 Å². The van der Waals surface area contributed by atoms with E-state index in [0.717, 1.165) is 12.1 Å². The highest BCUT2D eigenvalue weighted by Gasteiger charge is 2.42. The Bertz CT molecular complexity index is 403. The summed E-state index contributed by atoms with van der Waals surface area (Å²) in [5.74, 6) is -7.54. The second-order valence-corrected chi connectivity index (χ2v) is 4.21. The van der Waals surface area contributed by atoms with Crippen LogP contribution in [0.1, 0.15) is 22.3 Å². The Hall–Kier alpha value is -1.14. The fourth-order valence-corrected chi connectivity index (χ4v) is 1.59. The van der Waals surface area contributed by atoms with Gasteiger partial charge in [0.25, 0.3) is 11.8 Å². The maximum atomic E-state index is 13.5. The normalized spacial score (nSPS) is 12.9. The molecule has 0 saturated heterocycles. The standard InChI is InChI=1S/C12H14F4O2/c1-7-3-9(11(13,14)5-17)10(4-8(7)2)12(15,16)6-18/h3-4,17-18H,5-6H2,1-2H3. The minimum Gasteiger partial charge on any atom is -0.390 e. The molecule has 0 aliphatic carbocycles. The lowest BCUT2D eigenvalue weighted by Gasteiger charge is -2.24. The van der Waals surface area contributed by atoms with Crippen molar-refractivity contribution in [1.29, 1.82) is 0 Å².